The zero-order valence-electron chi connectivity index (χ0n) is 11.3. The average molecular weight is 242 g/mol. The van der Waals surface area contributed by atoms with Gasteiger partial charge in [-0.15, -0.1) is 0 Å². The summed E-state index contributed by atoms with van der Waals surface area (Å²) >= 11 is 0. The van der Waals surface area contributed by atoms with Crippen LogP contribution in [0, 0.1) is 0 Å². The third-order valence-electron chi connectivity index (χ3n) is 2.82. The van der Waals surface area contributed by atoms with Crippen molar-refractivity contribution in [1.82, 2.24) is 9.97 Å². The van der Waals surface area contributed by atoms with Crippen LogP contribution in [0.1, 0.15) is 26.5 Å². The molecule has 94 valence electrons. The van der Waals surface area contributed by atoms with E-state index in [1.807, 2.05) is 30.3 Å². The van der Waals surface area contributed by atoms with Crippen LogP contribution in [0.25, 0.3) is 11.3 Å². The molecule has 0 saturated carbocycles. The Morgan fingerprint density at radius 3 is 2.22 bits per heavy atom. The van der Waals surface area contributed by atoms with E-state index in [1.54, 1.807) is 13.4 Å². The minimum absolute atomic E-state index is 0.0319. The van der Waals surface area contributed by atoms with Crippen LogP contribution in [0.2, 0.25) is 0 Å². The maximum atomic E-state index is 5.15. The minimum atomic E-state index is 0.0319. The van der Waals surface area contributed by atoms with E-state index < -0.39 is 0 Å². The van der Waals surface area contributed by atoms with Crippen molar-refractivity contribution in [3.63, 3.8) is 0 Å². The van der Waals surface area contributed by atoms with Crippen molar-refractivity contribution < 1.29 is 4.74 Å². The molecular formula is C15H18N2O. The second kappa shape index (κ2) is 4.77. The summed E-state index contributed by atoms with van der Waals surface area (Å²) in [5, 5.41) is 0. The van der Waals surface area contributed by atoms with Gasteiger partial charge in [0.15, 0.2) is 0 Å². The van der Waals surface area contributed by atoms with Gasteiger partial charge < -0.3 is 4.74 Å². The highest BCUT2D eigenvalue weighted by Gasteiger charge is 2.16. The molecule has 0 radical (unpaired) electrons. The molecule has 0 atom stereocenters. The summed E-state index contributed by atoms with van der Waals surface area (Å²) in [5.74, 6) is 0.851. The van der Waals surface area contributed by atoms with E-state index in [0.29, 0.717) is 0 Å². The fraction of sp³-hybridized carbons (Fsp3) is 0.333. The first-order valence-electron chi connectivity index (χ1n) is 5.97. The molecule has 0 amide bonds. The van der Waals surface area contributed by atoms with E-state index >= 15 is 0 Å². The van der Waals surface area contributed by atoms with Gasteiger partial charge in [0.05, 0.1) is 12.8 Å². The van der Waals surface area contributed by atoms with Crippen LogP contribution in [0.4, 0.5) is 0 Å². The Bertz CT molecular complexity index is 527. The number of nitrogens with zero attached hydrogens (tertiary/aromatic N) is 2. The Morgan fingerprint density at radius 2 is 1.67 bits per heavy atom. The molecule has 1 aromatic heterocycles. The predicted molar refractivity (Wildman–Crippen MR) is 72.7 cm³/mol. The Balaban J connectivity index is 2.38. The largest absolute Gasteiger partial charge is 0.497 e. The molecule has 0 aliphatic rings. The number of ether oxygens (including phenoxy) is 1. The van der Waals surface area contributed by atoms with E-state index in [0.717, 1.165) is 22.7 Å². The van der Waals surface area contributed by atoms with Gasteiger partial charge in [-0.1, -0.05) is 20.8 Å². The van der Waals surface area contributed by atoms with Gasteiger partial charge in [0.25, 0.3) is 0 Å². The van der Waals surface area contributed by atoms with Crippen molar-refractivity contribution in [2.45, 2.75) is 26.2 Å². The maximum Gasteiger partial charge on any atom is 0.118 e. The summed E-state index contributed by atoms with van der Waals surface area (Å²) in [6, 6.07) is 9.94. The summed E-state index contributed by atoms with van der Waals surface area (Å²) in [6.45, 7) is 6.44. The lowest BCUT2D eigenvalue weighted by Gasteiger charge is -2.17. The summed E-state index contributed by atoms with van der Waals surface area (Å²) in [4.78, 5) is 8.66. The lowest BCUT2D eigenvalue weighted by molar-refractivity contribution is 0.415. The number of hydrogen-bond acceptors (Lipinski definition) is 3. The van der Waals surface area contributed by atoms with Gasteiger partial charge in [-0.3, -0.25) is 0 Å². The second-order valence-corrected chi connectivity index (χ2v) is 5.27. The lowest BCUT2D eigenvalue weighted by atomic mass is 9.91. The zero-order chi connectivity index (χ0) is 13.2. The van der Waals surface area contributed by atoms with E-state index in [4.69, 9.17) is 4.74 Å². The monoisotopic (exact) mass is 242 g/mol. The SMILES string of the molecule is COc1ccc(-c2cc(C(C)(C)C)ncn2)cc1. The summed E-state index contributed by atoms with van der Waals surface area (Å²) in [5.41, 5.74) is 3.09. The predicted octanol–water partition coefficient (Wildman–Crippen LogP) is 3.45. The molecule has 3 heteroatoms. The molecule has 0 unspecified atom stereocenters. The highest BCUT2D eigenvalue weighted by molar-refractivity contribution is 5.60. The van der Waals surface area contributed by atoms with Gasteiger partial charge in [-0.05, 0) is 30.3 Å². The number of hydrogen-bond donors (Lipinski definition) is 0. The van der Waals surface area contributed by atoms with Gasteiger partial charge in [0, 0.05) is 16.7 Å². The van der Waals surface area contributed by atoms with Crippen LogP contribution in [0.3, 0.4) is 0 Å². The van der Waals surface area contributed by atoms with Gasteiger partial charge >= 0.3 is 0 Å². The van der Waals surface area contributed by atoms with Crippen molar-refractivity contribution >= 4 is 0 Å². The first-order chi connectivity index (χ1) is 8.50. The van der Waals surface area contributed by atoms with E-state index in [2.05, 4.69) is 30.7 Å². The van der Waals surface area contributed by atoms with E-state index in [-0.39, 0.29) is 5.41 Å². The fourth-order valence-electron chi connectivity index (χ4n) is 1.69. The lowest BCUT2D eigenvalue weighted by Crippen LogP contribution is -2.13. The fourth-order valence-corrected chi connectivity index (χ4v) is 1.69. The molecule has 0 fully saturated rings. The number of aromatic nitrogens is 2. The Hall–Kier alpha value is -1.90. The molecule has 0 saturated heterocycles. The number of rotatable bonds is 2. The quantitative estimate of drug-likeness (QED) is 0.809. The Labute approximate surface area is 108 Å². The Morgan fingerprint density at radius 1 is 1.00 bits per heavy atom. The zero-order valence-corrected chi connectivity index (χ0v) is 11.3. The van der Waals surface area contributed by atoms with Crippen LogP contribution >= 0.6 is 0 Å². The van der Waals surface area contributed by atoms with Gasteiger partial charge in [-0.2, -0.15) is 0 Å². The van der Waals surface area contributed by atoms with Crippen molar-refractivity contribution in [1.29, 1.82) is 0 Å². The Kier molecular flexibility index (Phi) is 3.32. The average Bonchev–Trinajstić information content (AvgIpc) is 2.38. The van der Waals surface area contributed by atoms with Gasteiger partial charge in [0.2, 0.25) is 0 Å². The van der Waals surface area contributed by atoms with Crippen molar-refractivity contribution in [3.05, 3.63) is 42.4 Å². The van der Waals surface area contributed by atoms with Gasteiger partial charge in [0.1, 0.15) is 12.1 Å². The van der Waals surface area contributed by atoms with Gasteiger partial charge in [-0.25, -0.2) is 9.97 Å². The maximum absolute atomic E-state index is 5.15. The van der Waals surface area contributed by atoms with Crippen LogP contribution in [-0.4, -0.2) is 17.1 Å². The van der Waals surface area contributed by atoms with Crippen molar-refractivity contribution in [3.8, 4) is 17.0 Å². The summed E-state index contributed by atoms with van der Waals surface area (Å²) in [6.07, 6.45) is 1.63. The number of benzene rings is 1. The number of methoxy groups -OCH3 is 1. The molecule has 0 spiro atoms. The third-order valence-corrected chi connectivity index (χ3v) is 2.82. The molecule has 1 aromatic carbocycles. The molecule has 0 N–H and O–H groups in total. The normalized spacial score (nSPS) is 11.3. The first kappa shape index (κ1) is 12.6. The van der Waals surface area contributed by atoms with Crippen LogP contribution in [-0.2, 0) is 5.41 Å². The smallest absolute Gasteiger partial charge is 0.118 e. The second-order valence-electron chi connectivity index (χ2n) is 5.27. The summed E-state index contributed by atoms with van der Waals surface area (Å²) < 4.78 is 5.15. The highest BCUT2D eigenvalue weighted by atomic mass is 16.5. The summed E-state index contributed by atoms with van der Waals surface area (Å²) in [7, 11) is 1.66. The molecule has 18 heavy (non-hydrogen) atoms. The van der Waals surface area contributed by atoms with Crippen LogP contribution < -0.4 is 4.74 Å². The molecular weight excluding hydrogens is 224 g/mol. The van der Waals surface area contributed by atoms with Crippen molar-refractivity contribution in [2.24, 2.45) is 0 Å². The van der Waals surface area contributed by atoms with Crippen molar-refractivity contribution in [2.75, 3.05) is 7.11 Å². The molecule has 1 heterocycles. The standard InChI is InChI=1S/C15H18N2O/c1-15(2,3)14-9-13(16-10-17-14)11-5-7-12(18-4)8-6-11/h5-10H,1-4H3. The molecule has 0 aliphatic carbocycles. The van der Waals surface area contributed by atoms with Crippen LogP contribution in [0.15, 0.2) is 36.7 Å². The van der Waals surface area contributed by atoms with E-state index in [9.17, 15) is 0 Å². The van der Waals surface area contributed by atoms with Crippen LogP contribution in [0.5, 0.6) is 5.75 Å². The molecule has 0 aliphatic heterocycles. The first-order valence-corrected chi connectivity index (χ1v) is 5.97. The molecule has 3 nitrogen and oxygen atoms in total. The molecule has 2 rings (SSSR count). The van der Waals surface area contributed by atoms with E-state index in [1.165, 1.54) is 0 Å². The molecule has 2 aromatic rings. The third kappa shape index (κ3) is 2.67. The topological polar surface area (TPSA) is 35.0 Å². The molecule has 0 bridgehead atoms. The minimum Gasteiger partial charge on any atom is -0.497 e. The highest BCUT2D eigenvalue weighted by Crippen LogP contribution is 2.25.